The van der Waals surface area contributed by atoms with Gasteiger partial charge in [0.15, 0.2) is 0 Å². The van der Waals surface area contributed by atoms with E-state index in [1.165, 1.54) is 35.6 Å². The number of aliphatic carboxylic acids is 1. The first-order valence-electron chi connectivity index (χ1n) is 11.5. The van der Waals surface area contributed by atoms with Crippen LogP contribution in [0.5, 0.6) is 0 Å². The number of halogens is 1. The fraction of sp³-hybridized carbons (Fsp3) is 0.400. The number of carboxylic acids is 1. The maximum Gasteiger partial charge on any atom is 0.309 e. The van der Waals surface area contributed by atoms with Gasteiger partial charge in [0.25, 0.3) is 5.91 Å². The Hall–Kier alpha value is -3.15. The summed E-state index contributed by atoms with van der Waals surface area (Å²) in [6.07, 6.45) is 1.18. The molecule has 2 heterocycles. The van der Waals surface area contributed by atoms with E-state index in [0.29, 0.717) is 35.9 Å². The van der Waals surface area contributed by atoms with Gasteiger partial charge in [-0.3, -0.25) is 13.8 Å². The molecule has 0 saturated carbocycles. The molecular formula is C25H29FN3O6S-. The molecule has 1 aromatic carbocycles. The topological polar surface area (TPSA) is 136 Å². The van der Waals surface area contributed by atoms with E-state index in [1.54, 1.807) is 19.9 Å². The molecule has 0 bridgehead atoms. The summed E-state index contributed by atoms with van der Waals surface area (Å²) in [6, 6.07) is 7.29. The highest BCUT2D eigenvalue weighted by atomic mass is 32.2. The number of benzene rings is 1. The molecule has 11 heteroatoms. The number of carbonyl (C=O) groups excluding carboxylic acids is 1. The van der Waals surface area contributed by atoms with Crippen LogP contribution in [0.25, 0.3) is 22.4 Å². The SMILES string of the molecule is CCc1cc2c(C(=O)NC)c(-c3ccc(F)cc3)oc2nc1CN(CCCC(C)(C)C(=O)O)S(=O)[O-]. The maximum atomic E-state index is 13.5. The van der Waals surface area contributed by atoms with Gasteiger partial charge in [-0.05, 0) is 69.0 Å². The van der Waals surface area contributed by atoms with Gasteiger partial charge >= 0.3 is 5.97 Å². The fourth-order valence-corrected chi connectivity index (χ4v) is 4.38. The zero-order chi connectivity index (χ0) is 26.6. The second kappa shape index (κ2) is 11.3. The lowest BCUT2D eigenvalue weighted by Gasteiger charge is -2.26. The van der Waals surface area contributed by atoms with Crippen LogP contribution in [0.4, 0.5) is 4.39 Å². The van der Waals surface area contributed by atoms with E-state index in [0.717, 1.165) is 5.56 Å². The molecule has 0 spiro atoms. The van der Waals surface area contributed by atoms with Gasteiger partial charge in [-0.2, -0.15) is 0 Å². The first kappa shape index (κ1) is 27.4. The van der Waals surface area contributed by atoms with Crippen molar-refractivity contribution in [3.8, 4) is 11.3 Å². The summed E-state index contributed by atoms with van der Waals surface area (Å²) in [7, 11) is 1.49. The molecule has 0 aliphatic rings. The molecule has 3 aromatic rings. The Morgan fingerprint density at radius 2 is 1.94 bits per heavy atom. The summed E-state index contributed by atoms with van der Waals surface area (Å²) in [4.78, 5) is 28.7. The highest BCUT2D eigenvalue weighted by Gasteiger charge is 2.27. The predicted octanol–water partition coefficient (Wildman–Crippen LogP) is 4.04. The van der Waals surface area contributed by atoms with E-state index in [4.69, 9.17) is 4.42 Å². The number of carbonyl (C=O) groups is 2. The minimum Gasteiger partial charge on any atom is -0.760 e. The van der Waals surface area contributed by atoms with Gasteiger partial charge in [-0.1, -0.05) is 6.92 Å². The molecule has 0 fully saturated rings. The van der Waals surface area contributed by atoms with Crippen molar-refractivity contribution in [2.24, 2.45) is 5.41 Å². The average molecular weight is 519 g/mol. The molecule has 1 unspecified atom stereocenters. The van der Waals surface area contributed by atoms with Crippen LogP contribution in [-0.4, -0.2) is 48.6 Å². The number of aryl methyl sites for hydroxylation is 1. The van der Waals surface area contributed by atoms with Crippen LogP contribution < -0.4 is 5.32 Å². The van der Waals surface area contributed by atoms with Crippen LogP contribution in [0.2, 0.25) is 0 Å². The van der Waals surface area contributed by atoms with Gasteiger partial charge in [0.2, 0.25) is 5.71 Å². The van der Waals surface area contributed by atoms with Crippen LogP contribution >= 0.6 is 0 Å². The molecule has 0 aliphatic carbocycles. The molecule has 0 aliphatic heterocycles. The molecule has 2 aromatic heterocycles. The number of carboxylic acid groups (broad SMARTS) is 1. The van der Waals surface area contributed by atoms with E-state index >= 15 is 0 Å². The first-order valence-corrected chi connectivity index (χ1v) is 12.5. The van der Waals surface area contributed by atoms with Crippen molar-refractivity contribution < 1.29 is 32.3 Å². The maximum absolute atomic E-state index is 13.5. The van der Waals surface area contributed by atoms with E-state index in [-0.39, 0.29) is 30.1 Å². The third-order valence-electron chi connectivity index (χ3n) is 6.12. The molecule has 194 valence electrons. The summed E-state index contributed by atoms with van der Waals surface area (Å²) >= 11 is -2.56. The number of rotatable bonds is 11. The van der Waals surface area contributed by atoms with Gasteiger partial charge in [-0.15, -0.1) is 0 Å². The normalized spacial score (nSPS) is 12.8. The molecule has 2 N–H and O–H groups in total. The zero-order valence-corrected chi connectivity index (χ0v) is 21.4. The number of pyridine rings is 1. The number of hydrogen-bond acceptors (Lipinski definition) is 6. The van der Waals surface area contributed by atoms with Crippen LogP contribution in [0.3, 0.4) is 0 Å². The highest BCUT2D eigenvalue weighted by molar-refractivity contribution is 7.76. The number of fused-ring (bicyclic) bond motifs is 1. The molecule has 0 saturated heterocycles. The molecular weight excluding hydrogens is 489 g/mol. The Morgan fingerprint density at radius 1 is 1.28 bits per heavy atom. The van der Waals surface area contributed by atoms with Crippen molar-refractivity contribution in [1.29, 1.82) is 0 Å². The second-order valence-corrected chi connectivity index (χ2v) is 10.0. The second-order valence-electron chi connectivity index (χ2n) is 9.07. The quantitative estimate of drug-likeness (QED) is 0.366. The van der Waals surface area contributed by atoms with Gasteiger partial charge in [-0.25, -0.2) is 13.7 Å². The first-order chi connectivity index (χ1) is 17.0. The van der Waals surface area contributed by atoms with Crippen LogP contribution in [0, 0.1) is 11.2 Å². The molecule has 1 atom stereocenters. The van der Waals surface area contributed by atoms with Gasteiger partial charge in [0, 0.05) is 30.4 Å². The fourth-order valence-electron chi connectivity index (χ4n) is 3.88. The summed E-state index contributed by atoms with van der Waals surface area (Å²) < 4.78 is 44.5. The highest BCUT2D eigenvalue weighted by Crippen LogP contribution is 2.34. The number of aromatic nitrogens is 1. The Morgan fingerprint density at radius 3 is 2.50 bits per heavy atom. The largest absolute Gasteiger partial charge is 0.760 e. The van der Waals surface area contributed by atoms with Crippen LogP contribution in [0.1, 0.15) is 55.2 Å². The van der Waals surface area contributed by atoms with Crippen molar-refractivity contribution in [1.82, 2.24) is 14.6 Å². The van der Waals surface area contributed by atoms with E-state index in [2.05, 4.69) is 10.3 Å². The molecule has 0 radical (unpaired) electrons. The third kappa shape index (κ3) is 5.97. The Labute approximate surface area is 211 Å². The van der Waals surface area contributed by atoms with Crippen molar-refractivity contribution in [3.63, 3.8) is 0 Å². The lowest BCUT2D eigenvalue weighted by molar-refractivity contribution is -0.147. The number of amides is 1. The smallest absolute Gasteiger partial charge is 0.309 e. The van der Waals surface area contributed by atoms with Crippen molar-refractivity contribution in [2.75, 3.05) is 13.6 Å². The monoisotopic (exact) mass is 518 g/mol. The van der Waals surface area contributed by atoms with E-state index in [1.807, 2.05) is 6.92 Å². The Balaban J connectivity index is 2.00. The standard InChI is InChI=1S/C25H30FN3O6S/c1-5-15-13-18-20(22(30)27-4)21(16-7-9-17(26)10-8-16)35-23(18)28-19(15)14-29(36(33)34)12-6-11-25(2,3)24(31)32/h7-10,13H,5-6,11-12,14H2,1-4H3,(H,27,30)(H,31,32)(H,33,34)/p-1. The minimum atomic E-state index is -2.56. The summed E-state index contributed by atoms with van der Waals surface area (Å²) in [5.41, 5.74) is 1.14. The van der Waals surface area contributed by atoms with E-state index < -0.39 is 34.4 Å². The Kier molecular flexibility index (Phi) is 8.59. The lowest BCUT2D eigenvalue weighted by atomic mass is 9.88. The lowest BCUT2D eigenvalue weighted by Crippen LogP contribution is -2.30. The molecule has 3 rings (SSSR count). The average Bonchev–Trinajstić information content (AvgIpc) is 3.20. The number of furan rings is 1. The number of nitrogens with zero attached hydrogens (tertiary/aromatic N) is 2. The van der Waals surface area contributed by atoms with Crippen molar-refractivity contribution in [3.05, 3.63) is 53.0 Å². The summed E-state index contributed by atoms with van der Waals surface area (Å²) in [5.74, 6) is -1.54. The van der Waals surface area contributed by atoms with Gasteiger partial charge in [0.1, 0.15) is 11.6 Å². The molecule has 36 heavy (non-hydrogen) atoms. The van der Waals surface area contributed by atoms with Gasteiger partial charge in [0.05, 0.1) is 28.6 Å². The minimum absolute atomic E-state index is 0.0371. The number of nitrogens with one attached hydrogen (secondary N) is 1. The van der Waals surface area contributed by atoms with Crippen molar-refractivity contribution in [2.45, 2.75) is 46.6 Å². The number of hydrogen-bond donors (Lipinski definition) is 2. The molecule has 9 nitrogen and oxygen atoms in total. The van der Waals surface area contributed by atoms with Crippen LogP contribution in [0.15, 0.2) is 34.7 Å². The third-order valence-corrected chi connectivity index (χ3v) is 6.85. The summed E-state index contributed by atoms with van der Waals surface area (Å²) in [6.45, 7) is 5.17. The molecule has 1 amide bonds. The van der Waals surface area contributed by atoms with Crippen molar-refractivity contribution >= 4 is 34.2 Å². The van der Waals surface area contributed by atoms with Crippen LogP contribution in [-0.2, 0) is 29.0 Å². The van der Waals surface area contributed by atoms with Gasteiger partial charge < -0.3 is 19.4 Å². The van der Waals surface area contributed by atoms with E-state index in [9.17, 15) is 27.8 Å². The predicted molar refractivity (Wildman–Crippen MR) is 132 cm³/mol. The summed E-state index contributed by atoms with van der Waals surface area (Å²) in [5, 5.41) is 12.4. The zero-order valence-electron chi connectivity index (χ0n) is 20.6. The Bertz CT molecular complexity index is 1290.